The molecule has 0 aliphatic heterocycles. The van der Waals surface area contributed by atoms with Crippen LogP contribution in [0, 0.1) is 0 Å². The van der Waals surface area contributed by atoms with Crippen LogP contribution < -0.4 is 5.32 Å². The third kappa shape index (κ3) is 5.31. The Morgan fingerprint density at radius 1 is 1.38 bits per heavy atom. The van der Waals surface area contributed by atoms with Gasteiger partial charge >= 0.3 is 5.97 Å². The summed E-state index contributed by atoms with van der Waals surface area (Å²) in [4.78, 5) is 23.7. The van der Waals surface area contributed by atoms with Gasteiger partial charge in [0.25, 0.3) is 0 Å². The third-order valence-corrected chi connectivity index (χ3v) is 1.98. The number of carbonyl (C=O) groups excluding carboxylic acids is 1. The molecule has 0 aliphatic carbocycles. The summed E-state index contributed by atoms with van der Waals surface area (Å²) in [5.74, 6) is -1.15. The summed E-state index contributed by atoms with van der Waals surface area (Å²) in [7, 11) is 0. The van der Waals surface area contributed by atoms with Gasteiger partial charge in [-0.1, -0.05) is 12.2 Å². The second kappa shape index (κ2) is 7.64. The van der Waals surface area contributed by atoms with Crippen LogP contribution in [0.1, 0.15) is 6.92 Å². The highest BCUT2D eigenvalue weighted by atomic mass is 16.4. The molecule has 0 fully saturated rings. The van der Waals surface area contributed by atoms with Gasteiger partial charge in [-0.3, -0.25) is 14.9 Å². The van der Waals surface area contributed by atoms with Crippen LogP contribution in [0.2, 0.25) is 0 Å². The zero-order valence-electron chi connectivity index (χ0n) is 9.48. The van der Waals surface area contributed by atoms with Gasteiger partial charge in [0.05, 0.1) is 6.54 Å². The molecule has 0 saturated heterocycles. The number of nitrogens with one attached hydrogen (secondary N) is 1. The molecule has 0 spiro atoms. The van der Waals surface area contributed by atoms with E-state index in [1.807, 2.05) is 0 Å². The normalized spacial score (nSPS) is 11.6. The lowest BCUT2D eigenvalue weighted by molar-refractivity contribution is -0.139. The average molecular weight is 226 g/mol. The zero-order chi connectivity index (χ0) is 12.6. The number of carboxylic acid groups (broad SMARTS) is 1. The molecule has 16 heavy (non-hydrogen) atoms. The molecule has 0 aliphatic rings. The monoisotopic (exact) mass is 226 g/mol. The first kappa shape index (κ1) is 14.4. The van der Waals surface area contributed by atoms with Crippen molar-refractivity contribution in [2.45, 2.75) is 13.0 Å². The molecular weight excluding hydrogens is 208 g/mol. The van der Waals surface area contributed by atoms with Gasteiger partial charge in [-0.15, -0.1) is 13.2 Å². The predicted octanol–water partition coefficient (Wildman–Crippen LogP) is 0.250. The Bertz CT molecular complexity index is 266. The minimum Gasteiger partial charge on any atom is -0.480 e. The van der Waals surface area contributed by atoms with E-state index in [-0.39, 0.29) is 12.5 Å². The third-order valence-electron chi connectivity index (χ3n) is 1.98. The SMILES string of the molecule is C=CCN(CC=C)C(=O)CN[C@@H](C)C(=O)O. The van der Waals surface area contributed by atoms with Crippen molar-refractivity contribution in [2.75, 3.05) is 19.6 Å². The Balaban J connectivity index is 4.14. The minimum absolute atomic E-state index is 0.00481. The molecule has 90 valence electrons. The molecule has 0 saturated carbocycles. The van der Waals surface area contributed by atoms with E-state index in [4.69, 9.17) is 5.11 Å². The van der Waals surface area contributed by atoms with Crippen LogP contribution in [0.4, 0.5) is 0 Å². The lowest BCUT2D eigenvalue weighted by Crippen LogP contribution is -2.43. The molecular formula is C11H18N2O3. The van der Waals surface area contributed by atoms with Crippen molar-refractivity contribution in [1.82, 2.24) is 10.2 Å². The van der Waals surface area contributed by atoms with E-state index >= 15 is 0 Å². The highest BCUT2D eigenvalue weighted by Crippen LogP contribution is 1.91. The molecule has 0 bridgehead atoms. The van der Waals surface area contributed by atoms with Crippen molar-refractivity contribution >= 4 is 11.9 Å². The quantitative estimate of drug-likeness (QED) is 0.582. The highest BCUT2D eigenvalue weighted by Gasteiger charge is 2.14. The lowest BCUT2D eigenvalue weighted by Gasteiger charge is -2.20. The van der Waals surface area contributed by atoms with Crippen LogP contribution >= 0.6 is 0 Å². The topological polar surface area (TPSA) is 69.6 Å². The van der Waals surface area contributed by atoms with Gasteiger partial charge in [0.15, 0.2) is 0 Å². The molecule has 5 heteroatoms. The highest BCUT2D eigenvalue weighted by molar-refractivity contribution is 5.80. The van der Waals surface area contributed by atoms with E-state index in [2.05, 4.69) is 18.5 Å². The second-order valence-corrected chi connectivity index (χ2v) is 3.32. The van der Waals surface area contributed by atoms with Crippen LogP contribution in [0.3, 0.4) is 0 Å². The minimum atomic E-state index is -0.980. The summed E-state index contributed by atoms with van der Waals surface area (Å²) in [6.45, 7) is 9.42. The molecule has 0 heterocycles. The maximum absolute atomic E-state index is 11.6. The number of aliphatic carboxylic acids is 1. The molecule has 1 amide bonds. The van der Waals surface area contributed by atoms with Crippen molar-refractivity contribution in [3.8, 4) is 0 Å². The number of carbonyl (C=O) groups is 2. The van der Waals surface area contributed by atoms with E-state index in [1.165, 1.54) is 11.8 Å². The molecule has 0 rings (SSSR count). The summed E-state index contributed by atoms with van der Waals surface area (Å²) < 4.78 is 0. The van der Waals surface area contributed by atoms with Gasteiger partial charge in [0.1, 0.15) is 6.04 Å². The van der Waals surface area contributed by atoms with Crippen LogP contribution in [0.5, 0.6) is 0 Å². The predicted molar refractivity (Wildman–Crippen MR) is 62.1 cm³/mol. The summed E-state index contributed by atoms with van der Waals surface area (Å²) in [5.41, 5.74) is 0. The molecule has 0 radical (unpaired) electrons. The first-order valence-corrected chi connectivity index (χ1v) is 4.98. The summed E-state index contributed by atoms with van der Waals surface area (Å²) in [6.07, 6.45) is 3.23. The standard InChI is InChI=1S/C11H18N2O3/c1-4-6-13(7-5-2)10(14)8-12-9(3)11(15)16/h4-5,9,12H,1-2,6-8H2,3H3,(H,15,16)/t9-/m0/s1. The Morgan fingerprint density at radius 2 is 1.88 bits per heavy atom. The number of carboxylic acids is 1. The molecule has 1 atom stereocenters. The molecule has 2 N–H and O–H groups in total. The second-order valence-electron chi connectivity index (χ2n) is 3.32. The Kier molecular flexibility index (Phi) is 6.87. The number of rotatable bonds is 8. The van der Waals surface area contributed by atoms with Gasteiger partial charge in [0, 0.05) is 13.1 Å². The van der Waals surface area contributed by atoms with E-state index in [1.54, 1.807) is 12.2 Å². The van der Waals surface area contributed by atoms with Crippen LogP contribution in [-0.2, 0) is 9.59 Å². The number of hydrogen-bond donors (Lipinski definition) is 2. The molecule has 0 aromatic heterocycles. The van der Waals surface area contributed by atoms with E-state index in [9.17, 15) is 9.59 Å². The van der Waals surface area contributed by atoms with E-state index in [0.717, 1.165) is 0 Å². The largest absolute Gasteiger partial charge is 0.480 e. The van der Waals surface area contributed by atoms with Crippen molar-refractivity contribution in [1.29, 1.82) is 0 Å². The summed E-state index contributed by atoms with van der Waals surface area (Å²) in [6, 6.07) is -0.738. The van der Waals surface area contributed by atoms with E-state index in [0.29, 0.717) is 13.1 Å². The van der Waals surface area contributed by atoms with Crippen molar-refractivity contribution in [3.05, 3.63) is 25.3 Å². The zero-order valence-corrected chi connectivity index (χ0v) is 9.48. The Morgan fingerprint density at radius 3 is 2.25 bits per heavy atom. The van der Waals surface area contributed by atoms with Crippen molar-refractivity contribution < 1.29 is 14.7 Å². The van der Waals surface area contributed by atoms with E-state index < -0.39 is 12.0 Å². The fourth-order valence-electron chi connectivity index (χ4n) is 1.03. The molecule has 0 unspecified atom stereocenters. The van der Waals surface area contributed by atoms with Gasteiger partial charge in [-0.25, -0.2) is 0 Å². The molecule has 0 aromatic carbocycles. The maximum Gasteiger partial charge on any atom is 0.320 e. The summed E-state index contributed by atoms with van der Waals surface area (Å²) in [5, 5.41) is 11.2. The number of hydrogen-bond acceptors (Lipinski definition) is 3. The molecule has 0 aromatic rings. The van der Waals surface area contributed by atoms with Crippen LogP contribution in [0.25, 0.3) is 0 Å². The number of amides is 1. The van der Waals surface area contributed by atoms with Crippen molar-refractivity contribution in [2.24, 2.45) is 0 Å². The maximum atomic E-state index is 11.6. The first-order chi connectivity index (χ1) is 7.52. The lowest BCUT2D eigenvalue weighted by atomic mass is 10.3. The van der Waals surface area contributed by atoms with Crippen LogP contribution in [-0.4, -0.2) is 47.6 Å². The Hall–Kier alpha value is -1.62. The fraction of sp³-hybridized carbons (Fsp3) is 0.455. The fourth-order valence-corrected chi connectivity index (χ4v) is 1.03. The van der Waals surface area contributed by atoms with Gasteiger partial charge in [-0.2, -0.15) is 0 Å². The van der Waals surface area contributed by atoms with Crippen molar-refractivity contribution in [3.63, 3.8) is 0 Å². The average Bonchev–Trinajstić information content (AvgIpc) is 2.24. The molecule has 5 nitrogen and oxygen atoms in total. The smallest absolute Gasteiger partial charge is 0.320 e. The Labute approximate surface area is 95.4 Å². The van der Waals surface area contributed by atoms with Crippen LogP contribution in [0.15, 0.2) is 25.3 Å². The van der Waals surface area contributed by atoms with Gasteiger partial charge in [-0.05, 0) is 6.92 Å². The van der Waals surface area contributed by atoms with Gasteiger partial charge < -0.3 is 10.0 Å². The summed E-state index contributed by atoms with van der Waals surface area (Å²) >= 11 is 0. The number of nitrogens with zero attached hydrogens (tertiary/aromatic N) is 1. The van der Waals surface area contributed by atoms with Gasteiger partial charge in [0.2, 0.25) is 5.91 Å². The first-order valence-electron chi connectivity index (χ1n) is 4.98.